The molecule has 7 nitrogen and oxygen atoms in total. The molecule has 2 atom stereocenters. The number of tetrazole rings is 1. The van der Waals surface area contributed by atoms with E-state index < -0.39 is 0 Å². The van der Waals surface area contributed by atoms with Crippen molar-refractivity contribution in [1.29, 1.82) is 0 Å². The van der Waals surface area contributed by atoms with Crippen molar-refractivity contribution in [3.05, 3.63) is 46.4 Å². The summed E-state index contributed by atoms with van der Waals surface area (Å²) in [7, 11) is 1.88. The molecule has 1 fully saturated rings. The molecule has 26 heavy (non-hydrogen) atoms. The second-order valence-corrected chi connectivity index (χ2v) is 8.21. The van der Waals surface area contributed by atoms with Gasteiger partial charge in [-0.3, -0.25) is 9.48 Å². The smallest absolute Gasteiger partial charge is 0.283 e. The minimum absolute atomic E-state index is 0.120. The van der Waals surface area contributed by atoms with Gasteiger partial charge in [-0.15, -0.1) is 5.10 Å². The summed E-state index contributed by atoms with van der Waals surface area (Å²) < 4.78 is 5.10. The fourth-order valence-electron chi connectivity index (χ4n) is 3.60. The van der Waals surface area contributed by atoms with Crippen LogP contribution in [0.4, 0.5) is 0 Å². The Kier molecular flexibility index (Phi) is 4.44. The van der Waals surface area contributed by atoms with Crippen LogP contribution >= 0.6 is 11.8 Å². The lowest BCUT2D eigenvalue weighted by molar-refractivity contribution is 0.613. The third-order valence-electron chi connectivity index (χ3n) is 5.10. The van der Waals surface area contributed by atoms with Gasteiger partial charge in [0.25, 0.3) is 5.56 Å². The maximum absolute atomic E-state index is 13.2. The molecule has 2 aromatic heterocycles. The highest BCUT2D eigenvalue weighted by atomic mass is 32.2. The largest absolute Gasteiger partial charge is 0.297 e. The first-order valence-corrected chi connectivity index (χ1v) is 9.73. The van der Waals surface area contributed by atoms with Gasteiger partial charge < -0.3 is 0 Å². The van der Waals surface area contributed by atoms with Crippen molar-refractivity contribution in [2.45, 2.75) is 43.5 Å². The van der Waals surface area contributed by atoms with Gasteiger partial charge in [0.15, 0.2) is 5.69 Å². The lowest BCUT2D eigenvalue weighted by atomic mass is 10.1. The number of rotatable bonds is 4. The van der Waals surface area contributed by atoms with Crippen LogP contribution in [0, 0.1) is 12.8 Å². The number of nitrogens with zero attached hydrogens (tertiary/aromatic N) is 6. The van der Waals surface area contributed by atoms with Gasteiger partial charge in [0.05, 0.1) is 11.4 Å². The molecular formula is C18H22N6OS. The summed E-state index contributed by atoms with van der Waals surface area (Å²) in [4.78, 5) is 13.2. The topological polar surface area (TPSA) is 70.5 Å². The Morgan fingerprint density at radius 3 is 2.65 bits per heavy atom. The summed E-state index contributed by atoms with van der Waals surface area (Å²) in [5, 5.41) is 13.3. The van der Waals surface area contributed by atoms with Crippen LogP contribution in [0.3, 0.4) is 0 Å². The van der Waals surface area contributed by atoms with Crippen LogP contribution < -0.4 is 5.56 Å². The molecule has 0 spiro atoms. The number of hydrogen-bond acceptors (Lipinski definition) is 5. The van der Waals surface area contributed by atoms with Crippen molar-refractivity contribution in [2.75, 3.05) is 0 Å². The van der Waals surface area contributed by atoms with E-state index in [9.17, 15) is 4.79 Å². The molecule has 1 aliphatic carbocycles. The van der Waals surface area contributed by atoms with Crippen molar-refractivity contribution >= 4 is 11.8 Å². The van der Waals surface area contributed by atoms with E-state index in [2.05, 4.69) is 22.4 Å². The Bertz CT molecular complexity index is 973. The van der Waals surface area contributed by atoms with Gasteiger partial charge in [-0.25, -0.2) is 4.68 Å². The Morgan fingerprint density at radius 1 is 1.19 bits per heavy atom. The summed E-state index contributed by atoms with van der Waals surface area (Å²) in [6.07, 6.45) is 3.57. The van der Waals surface area contributed by atoms with E-state index in [4.69, 9.17) is 0 Å². The fourth-order valence-corrected chi connectivity index (χ4v) is 4.89. The molecule has 4 rings (SSSR count). The Balaban J connectivity index is 1.76. The third-order valence-corrected chi connectivity index (χ3v) is 6.32. The lowest BCUT2D eigenvalue weighted by Gasteiger charge is -2.08. The zero-order valence-electron chi connectivity index (χ0n) is 15.2. The van der Waals surface area contributed by atoms with E-state index in [0.29, 0.717) is 16.1 Å². The molecule has 0 N–H and O–H groups in total. The van der Waals surface area contributed by atoms with E-state index >= 15 is 0 Å². The Labute approximate surface area is 156 Å². The number of thioether (sulfide) groups is 1. The first kappa shape index (κ1) is 17.1. The van der Waals surface area contributed by atoms with Crippen LogP contribution in [0.1, 0.15) is 31.9 Å². The van der Waals surface area contributed by atoms with Crippen LogP contribution in [0.15, 0.2) is 40.3 Å². The van der Waals surface area contributed by atoms with Crippen LogP contribution in [0.25, 0.3) is 11.4 Å². The maximum atomic E-state index is 13.2. The predicted molar refractivity (Wildman–Crippen MR) is 101 cm³/mol. The number of aromatic nitrogens is 6. The standard InChI is InChI=1S/C18H22N6OS/c1-12-9-10-15(11-12)26-18-19-20-21-23(18)16-13(2)22(3)24(17(16)25)14-7-5-4-6-8-14/h4-8,12,15H,9-11H2,1-3H3. The van der Waals surface area contributed by atoms with Crippen LogP contribution in [0.5, 0.6) is 0 Å². The molecule has 0 bridgehead atoms. The molecular weight excluding hydrogens is 348 g/mol. The normalized spacial score (nSPS) is 20.0. The van der Waals surface area contributed by atoms with Crippen LogP contribution in [0.2, 0.25) is 0 Å². The molecule has 0 aliphatic heterocycles. The van der Waals surface area contributed by atoms with Crippen LogP contribution in [-0.2, 0) is 7.05 Å². The molecule has 8 heteroatoms. The quantitative estimate of drug-likeness (QED) is 0.706. The third kappa shape index (κ3) is 2.88. The van der Waals surface area contributed by atoms with Gasteiger partial charge >= 0.3 is 0 Å². The summed E-state index contributed by atoms with van der Waals surface area (Å²) in [5.41, 5.74) is 2.04. The van der Waals surface area contributed by atoms with E-state index in [-0.39, 0.29) is 5.56 Å². The highest BCUT2D eigenvalue weighted by Gasteiger charge is 2.27. The first-order valence-electron chi connectivity index (χ1n) is 8.85. The number of benzene rings is 1. The van der Waals surface area contributed by atoms with Crippen molar-refractivity contribution in [2.24, 2.45) is 13.0 Å². The maximum Gasteiger partial charge on any atom is 0.297 e. The Morgan fingerprint density at radius 2 is 1.96 bits per heavy atom. The molecule has 1 aliphatic rings. The molecule has 0 amide bonds. The average molecular weight is 370 g/mol. The van der Waals surface area contributed by atoms with E-state index in [1.54, 1.807) is 21.1 Å². The molecule has 3 aromatic rings. The van der Waals surface area contributed by atoms with E-state index in [0.717, 1.165) is 17.3 Å². The molecule has 1 aromatic carbocycles. The first-order chi connectivity index (χ1) is 12.6. The van der Waals surface area contributed by atoms with E-state index in [1.807, 2.05) is 49.0 Å². The lowest BCUT2D eigenvalue weighted by Crippen LogP contribution is -2.22. The summed E-state index contributed by atoms with van der Waals surface area (Å²) in [6.45, 7) is 4.20. The van der Waals surface area contributed by atoms with Crippen molar-refractivity contribution < 1.29 is 0 Å². The molecule has 1 saturated carbocycles. The molecule has 2 unspecified atom stereocenters. The molecule has 0 saturated heterocycles. The minimum Gasteiger partial charge on any atom is -0.283 e. The second-order valence-electron chi connectivity index (χ2n) is 6.94. The van der Waals surface area contributed by atoms with Gasteiger partial charge in [0.2, 0.25) is 5.16 Å². The summed E-state index contributed by atoms with van der Waals surface area (Å²) in [6, 6.07) is 9.61. The summed E-state index contributed by atoms with van der Waals surface area (Å²) in [5.74, 6) is 0.741. The minimum atomic E-state index is -0.120. The van der Waals surface area contributed by atoms with E-state index in [1.165, 1.54) is 19.3 Å². The predicted octanol–water partition coefficient (Wildman–Crippen LogP) is 2.74. The van der Waals surface area contributed by atoms with Crippen LogP contribution in [-0.4, -0.2) is 34.8 Å². The zero-order valence-corrected chi connectivity index (χ0v) is 16.0. The van der Waals surface area contributed by atoms with Gasteiger partial charge in [-0.2, -0.15) is 4.68 Å². The Hall–Kier alpha value is -2.35. The highest BCUT2D eigenvalue weighted by molar-refractivity contribution is 7.99. The molecule has 0 radical (unpaired) electrons. The monoisotopic (exact) mass is 370 g/mol. The second kappa shape index (κ2) is 6.75. The molecule has 136 valence electrons. The summed E-state index contributed by atoms with van der Waals surface area (Å²) >= 11 is 1.68. The van der Waals surface area contributed by atoms with Crippen molar-refractivity contribution in [1.82, 2.24) is 29.6 Å². The zero-order chi connectivity index (χ0) is 18.3. The molecule has 2 heterocycles. The number of para-hydroxylation sites is 1. The highest BCUT2D eigenvalue weighted by Crippen LogP contribution is 2.37. The average Bonchev–Trinajstić information content (AvgIpc) is 3.30. The van der Waals surface area contributed by atoms with Gasteiger partial charge in [-0.05, 0) is 54.7 Å². The van der Waals surface area contributed by atoms with Crippen molar-refractivity contribution in [3.8, 4) is 11.4 Å². The van der Waals surface area contributed by atoms with Crippen molar-refractivity contribution in [3.63, 3.8) is 0 Å². The fraction of sp³-hybridized carbons (Fsp3) is 0.444. The number of hydrogen-bond donors (Lipinski definition) is 0. The van der Waals surface area contributed by atoms with Gasteiger partial charge in [0.1, 0.15) is 0 Å². The van der Waals surface area contributed by atoms with Gasteiger partial charge in [-0.1, -0.05) is 36.9 Å². The SMILES string of the molecule is Cc1c(-n2nnnc2SC2CCC(C)C2)c(=O)n(-c2ccccc2)n1C. The van der Waals surface area contributed by atoms with Gasteiger partial charge in [0, 0.05) is 12.3 Å².